The summed E-state index contributed by atoms with van der Waals surface area (Å²) in [5, 5.41) is 2.09. The van der Waals surface area contributed by atoms with Crippen LogP contribution in [0.3, 0.4) is 0 Å². The fourth-order valence-corrected chi connectivity index (χ4v) is 4.98. The van der Waals surface area contributed by atoms with E-state index in [-0.39, 0.29) is 11.7 Å². The lowest BCUT2D eigenvalue weighted by atomic mass is 10.1. The number of para-hydroxylation sites is 1. The summed E-state index contributed by atoms with van der Waals surface area (Å²) < 4.78 is 18.4. The number of rotatable bonds is 6. The lowest BCUT2D eigenvalue weighted by molar-refractivity contribution is -0.130. The molecule has 148 valence electrons. The molecule has 0 N–H and O–H groups in total. The van der Waals surface area contributed by atoms with Crippen molar-refractivity contribution in [1.82, 2.24) is 9.80 Å². The maximum Gasteiger partial charge on any atom is 0.235 e. The Morgan fingerprint density at radius 3 is 2.57 bits per heavy atom. The van der Waals surface area contributed by atoms with Crippen LogP contribution in [-0.2, 0) is 21.3 Å². The number of hydrogen-bond donors (Lipinski definition) is 0. The molecule has 1 amide bonds. The predicted octanol–water partition coefficient (Wildman–Crippen LogP) is 3.39. The number of benzene rings is 2. The van der Waals surface area contributed by atoms with Crippen molar-refractivity contribution in [3.05, 3.63) is 48.0 Å². The molecule has 0 aliphatic carbocycles. The van der Waals surface area contributed by atoms with Gasteiger partial charge in [-0.1, -0.05) is 31.2 Å². The zero-order valence-electron chi connectivity index (χ0n) is 16.2. The summed E-state index contributed by atoms with van der Waals surface area (Å²) in [7, 11) is -1.21. The van der Waals surface area contributed by atoms with E-state index in [1.807, 2.05) is 47.4 Å². The van der Waals surface area contributed by atoms with Gasteiger partial charge in [-0.25, -0.2) is 0 Å². The highest BCUT2D eigenvalue weighted by atomic mass is 32.2. The van der Waals surface area contributed by atoms with Crippen molar-refractivity contribution in [2.75, 3.05) is 38.5 Å². The summed E-state index contributed by atoms with van der Waals surface area (Å²) in [6.07, 6.45) is 1.13. The molecule has 1 atom stereocenters. The van der Waals surface area contributed by atoms with E-state index in [1.165, 1.54) is 0 Å². The van der Waals surface area contributed by atoms with E-state index in [4.69, 9.17) is 4.42 Å². The first-order valence-corrected chi connectivity index (χ1v) is 11.4. The molecule has 1 aromatic heterocycles. The van der Waals surface area contributed by atoms with Gasteiger partial charge in [0.2, 0.25) is 5.91 Å². The standard InChI is InChI=1S/C22H26N2O3S/c1-2-9-23-10-12-24(13-11-23)22(25)16-28(26)15-17-7-8-21-19(14-17)18-5-3-4-6-20(18)27-21/h3-8,14H,2,9-13,15-16H2,1H3. The molecule has 1 aliphatic rings. The number of piperazine rings is 1. The summed E-state index contributed by atoms with van der Waals surface area (Å²) in [4.78, 5) is 16.7. The van der Waals surface area contributed by atoms with E-state index in [0.717, 1.165) is 66.6 Å². The van der Waals surface area contributed by atoms with Crippen LogP contribution < -0.4 is 0 Å². The van der Waals surface area contributed by atoms with Gasteiger partial charge in [0.1, 0.15) is 16.9 Å². The summed E-state index contributed by atoms with van der Waals surface area (Å²) in [6.45, 7) is 6.56. The highest BCUT2D eigenvalue weighted by Gasteiger charge is 2.22. The Labute approximate surface area is 167 Å². The molecule has 0 bridgehead atoms. The topological polar surface area (TPSA) is 53.8 Å². The normalized spacial score (nSPS) is 16.7. The van der Waals surface area contributed by atoms with Crippen molar-refractivity contribution >= 4 is 38.6 Å². The quantitative estimate of drug-likeness (QED) is 0.639. The fourth-order valence-electron chi connectivity index (χ4n) is 3.87. The van der Waals surface area contributed by atoms with E-state index in [2.05, 4.69) is 11.8 Å². The van der Waals surface area contributed by atoms with Crippen LogP contribution >= 0.6 is 0 Å². The van der Waals surface area contributed by atoms with Crippen LogP contribution in [0, 0.1) is 0 Å². The predicted molar refractivity (Wildman–Crippen MR) is 114 cm³/mol. The highest BCUT2D eigenvalue weighted by molar-refractivity contribution is 7.84. The largest absolute Gasteiger partial charge is 0.456 e. The maximum atomic E-state index is 12.6. The molecule has 1 unspecified atom stereocenters. The Morgan fingerprint density at radius 1 is 1.04 bits per heavy atom. The second kappa shape index (κ2) is 8.45. The van der Waals surface area contributed by atoms with Gasteiger partial charge >= 0.3 is 0 Å². The first-order valence-electron chi connectivity index (χ1n) is 9.89. The first-order chi connectivity index (χ1) is 13.6. The summed E-state index contributed by atoms with van der Waals surface area (Å²) in [6, 6.07) is 13.8. The number of hydrogen-bond acceptors (Lipinski definition) is 4. The van der Waals surface area contributed by atoms with Crippen molar-refractivity contribution in [3.63, 3.8) is 0 Å². The van der Waals surface area contributed by atoms with Gasteiger partial charge in [0.25, 0.3) is 0 Å². The van der Waals surface area contributed by atoms with Gasteiger partial charge in [-0.3, -0.25) is 13.9 Å². The Kier molecular flexibility index (Phi) is 5.78. The highest BCUT2D eigenvalue weighted by Crippen LogP contribution is 2.29. The van der Waals surface area contributed by atoms with Crippen LogP contribution in [0.15, 0.2) is 46.9 Å². The lowest BCUT2D eigenvalue weighted by Gasteiger charge is -2.34. The lowest BCUT2D eigenvalue weighted by Crippen LogP contribution is -2.49. The van der Waals surface area contributed by atoms with Gasteiger partial charge < -0.3 is 9.32 Å². The molecule has 0 saturated carbocycles. The van der Waals surface area contributed by atoms with Crippen LogP contribution in [0.1, 0.15) is 18.9 Å². The number of fused-ring (bicyclic) bond motifs is 3. The number of amides is 1. The first kappa shape index (κ1) is 19.2. The molecule has 1 aliphatic heterocycles. The van der Waals surface area contributed by atoms with E-state index in [9.17, 15) is 9.00 Å². The molecule has 6 heteroatoms. The average Bonchev–Trinajstić information content (AvgIpc) is 3.07. The van der Waals surface area contributed by atoms with Gasteiger partial charge in [0.15, 0.2) is 0 Å². The fraction of sp³-hybridized carbons (Fsp3) is 0.409. The second-order valence-corrected chi connectivity index (χ2v) is 8.84. The molecule has 2 aromatic carbocycles. The van der Waals surface area contributed by atoms with Crippen LogP contribution in [0.4, 0.5) is 0 Å². The Bertz CT molecular complexity index is 1010. The monoisotopic (exact) mass is 398 g/mol. The van der Waals surface area contributed by atoms with E-state index in [1.54, 1.807) is 0 Å². The summed E-state index contributed by atoms with van der Waals surface area (Å²) in [5.74, 6) is 0.485. The van der Waals surface area contributed by atoms with Gasteiger partial charge in [0, 0.05) is 53.5 Å². The molecule has 4 rings (SSSR count). The molecule has 5 nitrogen and oxygen atoms in total. The van der Waals surface area contributed by atoms with Gasteiger partial charge in [0.05, 0.1) is 0 Å². The van der Waals surface area contributed by atoms with Crippen LogP contribution in [0.2, 0.25) is 0 Å². The number of carbonyl (C=O) groups excluding carboxylic acids is 1. The van der Waals surface area contributed by atoms with E-state index in [0.29, 0.717) is 5.75 Å². The molecule has 2 heterocycles. The second-order valence-electron chi connectivity index (χ2n) is 7.38. The van der Waals surface area contributed by atoms with Crippen molar-refractivity contribution < 1.29 is 13.4 Å². The van der Waals surface area contributed by atoms with E-state index < -0.39 is 10.8 Å². The van der Waals surface area contributed by atoms with Crippen molar-refractivity contribution in [2.24, 2.45) is 0 Å². The molecule has 28 heavy (non-hydrogen) atoms. The molecule has 1 saturated heterocycles. The molecule has 0 spiro atoms. The third-order valence-corrected chi connectivity index (χ3v) is 6.54. The zero-order valence-corrected chi connectivity index (χ0v) is 17.0. The van der Waals surface area contributed by atoms with Crippen LogP contribution in [-0.4, -0.2) is 58.4 Å². The molecule has 3 aromatic rings. The van der Waals surface area contributed by atoms with Crippen LogP contribution in [0.5, 0.6) is 0 Å². The Morgan fingerprint density at radius 2 is 1.79 bits per heavy atom. The number of furan rings is 1. The minimum atomic E-state index is -1.21. The minimum absolute atomic E-state index is 0.00400. The molecule has 1 fully saturated rings. The third-order valence-electron chi connectivity index (χ3n) is 5.32. The van der Waals surface area contributed by atoms with Crippen molar-refractivity contribution in [2.45, 2.75) is 19.1 Å². The smallest absolute Gasteiger partial charge is 0.235 e. The van der Waals surface area contributed by atoms with Gasteiger partial charge in [-0.2, -0.15) is 0 Å². The summed E-state index contributed by atoms with van der Waals surface area (Å²) >= 11 is 0. The Hall–Kier alpha value is -2.18. The number of carbonyl (C=O) groups is 1. The maximum absolute atomic E-state index is 12.6. The third kappa shape index (κ3) is 4.13. The molecular formula is C22H26N2O3S. The van der Waals surface area contributed by atoms with Crippen LogP contribution in [0.25, 0.3) is 21.9 Å². The molecule has 0 radical (unpaired) electrons. The molecular weight excluding hydrogens is 372 g/mol. The van der Waals surface area contributed by atoms with Gasteiger partial charge in [-0.05, 0) is 36.7 Å². The minimum Gasteiger partial charge on any atom is -0.456 e. The van der Waals surface area contributed by atoms with Crippen molar-refractivity contribution in [1.29, 1.82) is 0 Å². The average molecular weight is 399 g/mol. The van der Waals surface area contributed by atoms with Gasteiger partial charge in [-0.15, -0.1) is 0 Å². The van der Waals surface area contributed by atoms with Crippen molar-refractivity contribution in [3.8, 4) is 0 Å². The number of nitrogens with zero attached hydrogens (tertiary/aromatic N) is 2. The SMILES string of the molecule is CCCN1CCN(C(=O)CS(=O)Cc2ccc3oc4ccccc4c3c2)CC1. The summed E-state index contributed by atoms with van der Waals surface area (Å²) in [5.41, 5.74) is 2.66. The zero-order chi connectivity index (χ0) is 19.5. The van der Waals surface area contributed by atoms with E-state index >= 15 is 0 Å². The Balaban J connectivity index is 1.38.